The van der Waals surface area contributed by atoms with Crippen molar-refractivity contribution >= 4 is 38.8 Å². The van der Waals surface area contributed by atoms with Gasteiger partial charge in [-0.3, -0.25) is 4.79 Å². The van der Waals surface area contributed by atoms with Crippen molar-refractivity contribution in [1.82, 2.24) is 15.6 Å². The Morgan fingerprint density at radius 1 is 1.30 bits per heavy atom. The number of pyridine rings is 1. The molecule has 2 aromatic heterocycles. The molecule has 3 aromatic rings. The number of rotatable bonds is 3. The Bertz CT molecular complexity index is 1230. The van der Waals surface area contributed by atoms with Crippen molar-refractivity contribution in [1.29, 1.82) is 0 Å². The van der Waals surface area contributed by atoms with E-state index in [2.05, 4.69) is 38.7 Å². The van der Waals surface area contributed by atoms with Crippen LogP contribution in [0.1, 0.15) is 20.9 Å². The second-order valence-corrected chi connectivity index (χ2v) is 9.96. The highest BCUT2D eigenvalue weighted by Crippen LogP contribution is 2.34. The molecule has 33 heavy (non-hydrogen) atoms. The average molecular weight is 466 g/mol. The van der Waals surface area contributed by atoms with Crippen molar-refractivity contribution in [3.8, 4) is 5.75 Å². The van der Waals surface area contributed by atoms with Gasteiger partial charge in [-0.25, -0.2) is 4.98 Å². The molecule has 8 nitrogen and oxygen atoms in total. The van der Waals surface area contributed by atoms with E-state index in [0.717, 1.165) is 59.9 Å². The molecule has 9 heteroatoms. The van der Waals surface area contributed by atoms with Crippen LogP contribution >= 0.6 is 11.3 Å². The molecule has 1 amide bonds. The fraction of sp³-hybridized carbons (Fsp3) is 0.417. The van der Waals surface area contributed by atoms with E-state index in [1.807, 2.05) is 19.1 Å². The third kappa shape index (κ3) is 3.70. The van der Waals surface area contributed by atoms with E-state index < -0.39 is 0 Å². The smallest absolute Gasteiger partial charge is 0.263 e. The summed E-state index contributed by atoms with van der Waals surface area (Å²) < 4.78 is 12.0. The number of fused-ring (bicyclic) bond motifs is 3. The molecule has 3 atom stereocenters. The SMILES string of the molecule is Cc1ccc2c(N)c(C(=O)N[C@H]3COc4cc(N5CCO[C@H]6CNC[C@H]65)ccc4C3)sc2n1. The first-order valence-corrected chi connectivity index (χ1v) is 12.2. The topological polar surface area (TPSA) is 102 Å². The van der Waals surface area contributed by atoms with Gasteiger partial charge in [0.05, 0.1) is 30.5 Å². The molecule has 3 aliphatic heterocycles. The average Bonchev–Trinajstić information content (AvgIpc) is 3.43. The monoisotopic (exact) mass is 465 g/mol. The molecule has 0 radical (unpaired) electrons. The Balaban J connectivity index is 1.16. The quantitative estimate of drug-likeness (QED) is 0.544. The van der Waals surface area contributed by atoms with Crippen LogP contribution in [0.15, 0.2) is 30.3 Å². The maximum absolute atomic E-state index is 13.0. The molecule has 0 spiro atoms. The molecule has 0 saturated carbocycles. The molecule has 0 aliphatic carbocycles. The standard InChI is InChI=1S/C24H27N5O3S/c1-13-2-5-17-21(25)22(33-24(17)27-13)23(30)28-15-8-14-3-4-16(9-19(14)32-12-15)29-6-7-31-20-11-26-10-18(20)29/h2-5,9,15,18,20,26H,6-8,10-12,25H2,1H3,(H,28,30)/t15-,18-,20+/m1/s1. The van der Waals surface area contributed by atoms with Gasteiger partial charge in [0.25, 0.3) is 5.91 Å². The minimum absolute atomic E-state index is 0.109. The Morgan fingerprint density at radius 3 is 3.12 bits per heavy atom. The first-order chi connectivity index (χ1) is 16.1. The largest absolute Gasteiger partial charge is 0.491 e. The highest BCUT2D eigenvalue weighted by molar-refractivity contribution is 7.21. The van der Waals surface area contributed by atoms with Crippen LogP contribution in [0.4, 0.5) is 11.4 Å². The maximum Gasteiger partial charge on any atom is 0.263 e. The predicted octanol–water partition coefficient (Wildman–Crippen LogP) is 2.10. The van der Waals surface area contributed by atoms with Crippen LogP contribution in [0.3, 0.4) is 0 Å². The van der Waals surface area contributed by atoms with Crippen LogP contribution in [-0.4, -0.2) is 61.9 Å². The lowest BCUT2D eigenvalue weighted by molar-refractivity contribution is 0.0349. The van der Waals surface area contributed by atoms with Gasteiger partial charge in [-0.1, -0.05) is 6.07 Å². The summed E-state index contributed by atoms with van der Waals surface area (Å²) in [5, 5.41) is 7.36. The Kier molecular flexibility index (Phi) is 5.12. The Morgan fingerprint density at radius 2 is 2.21 bits per heavy atom. The molecule has 6 rings (SSSR count). The molecule has 3 aliphatic rings. The van der Waals surface area contributed by atoms with Gasteiger partial charge in [0, 0.05) is 42.5 Å². The predicted molar refractivity (Wildman–Crippen MR) is 129 cm³/mol. The third-order valence-corrected chi connectivity index (χ3v) is 7.87. The lowest BCUT2D eigenvalue weighted by Crippen LogP contribution is -2.51. The number of nitrogen functional groups attached to an aromatic ring is 1. The number of hydrogen-bond acceptors (Lipinski definition) is 8. The van der Waals surface area contributed by atoms with E-state index in [1.54, 1.807) is 0 Å². The summed E-state index contributed by atoms with van der Waals surface area (Å²) in [6.45, 7) is 5.83. The molecule has 2 fully saturated rings. The molecule has 5 heterocycles. The summed E-state index contributed by atoms with van der Waals surface area (Å²) in [5.41, 5.74) is 9.92. The first kappa shape index (κ1) is 20.7. The van der Waals surface area contributed by atoms with Gasteiger partial charge in [0.15, 0.2) is 0 Å². The van der Waals surface area contributed by atoms with Crippen molar-refractivity contribution in [2.45, 2.75) is 31.5 Å². The van der Waals surface area contributed by atoms with Crippen molar-refractivity contribution < 1.29 is 14.3 Å². The van der Waals surface area contributed by atoms with Gasteiger partial charge in [0.2, 0.25) is 0 Å². The van der Waals surface area contributed by atoms with Crippen LogP contribution in [0.2, 0.25) is 0 Å². The number of aromatic nitrogens is 1. The molecule has 0 unspecified atom stereocenters. The van der Waals surface area contributed by atoms with Crippen LogP contribution in [0, 0.1) is 6.92 Å². The van der Waals surface area contributed by atoms with E-state index in [9.17, 15) is 4.79 Å². The number of benzene rings is 1. The number of morpholine rings is 1. The van der Waals surface area contributed by atoms with Crippen molar-refractivity contribution in [3.05, 3.63) is 46.5 Å². The minimum atomic E-state index is -0.171. The summed E-state index contributed by atoms with van der Waals surface area (Å²) >= 11 is 1.34. The number of nitrogens with one attached hydrogen (secondary N) is 2. The van der Waals surface area contributed by atoms with Crippen LogP contribution < -0.4 is 26.0 Å². The molecule has 4 N–H and O–H groups in total. The zero-order chi connectivity index (χ0) is 22.5. The zero-order valence-electron chi connectivity index (χ0n) is 18.5. The molecule has 172 valence electrons. The number of carbonyl (C=O) groups excluding carboxylic acids is 1. The third-order valence-electron chi connectivity index (χ3n) is 6.76. The lowest BCUT2D eigenvalue weighted by atomic mass is 10.0. The van der Waals surface area contributed by atoms with Crippen molar-refractivity contribution in [2.75, 3.05) is 43.5 Å². The van der Waals surface area contributed by atoms with Gasteiger partial charge in [-0.15, -0.1) is 11.3 Å². The summed E-state index contributed by atoms with van der Waals surface area (Å²) in [7, 11) is 0. The van der Waals surface area contributed by atoms with Gasteiger partial charge in [-0.2, -0.15) is 0 Å². The number of amides is 1. The number of aryl methyl sites for hydroxylation is 1. The summed E-state index contributed by atoms with van der Waals surface area (Å²) in [4.78, 5) is 21.2. The Labute approximate surface area is 196 Å². The number of nitrogens with two attached hydrogens (primary N) is 1. The molecule has 0 bridgehead atoms. The number of anilines is 2. The van der Waals surface area contributed by atoms with Crippen molar-refractivity contribution in [3.63, 3.8) is 0 Å². The summed E-state index contributed by atoms with van der Waals surface area (Å²) in [6, 6.07) is 10.5. The molecular formula is C24H27N5O3S. The Hall–Kier alpha value is -2.88. The number of hydrogen-bond donors (Lipinski definition) is 3. The van der Waals surface area contributed by atoms with Gasteiger partial charge >= 0.3 is 0 Å². The van der Waals surface area contributed by atoms with E-state index in [0.29, 0.717) is 23.2 Å². The number of nitrogens with zero attached hydrogens (tertiary/aromatic N) is 2. The second kappa shape index (κ2) is 8.16. The van der Waals surface area contributed by atoms with E-state index in [-0.39, 0.29) is 18.1 Å². The maximum atomic E-state index is 13.0. The fourth-order valence-corrected chi connectivity index (χ4v) is 6.09. The molecular weight excluding hydrogens is 438 g/mol. The molecule has 2 saturated heterocycles. The lowest BCUT2D eigenvalue weighted by Gasteiger charge is -2.39. The zero-order valence-corrected chi connectivity index (χ0v) is 19.3. The van der Waals surface area contributed by atoms with E-state index >= 15 is 0 Å². The van der Waals surface area contributed by atoms with Gasteiger partial charge in [0.1, 0.15) is 22.1 Å². The van der Waals surface area contributed by atoms with Crippen molar-refractivity contribution in [2.24, 2.45) is 0 Å². The minimum Gasteiger partial charge on any atom is -0.491 e. The first-order valence-electron chi connectivity index (χ1n) is 11.4. The second-order valence-electron chi connectivity index (χ2n) is 8.96. The number of carbonyl (C=O) groups is 1. The van der Waals surface area contributed by atoms with E-state index in [4.69, 9.17) is 15.2 Å². The van der Waals surface area contributed by atoms with Crippen LogP contribution in [0.25, 0.3) is 10.2 Å². The van der Waals surface area contributed by atoms with Crippen LogP contribution in [0.5, 0.6) is 5.75 Å². The highest BCUT2D eigenvalue weighted by Gasteiger charge is 2.36. The summed E-state index contributed by atoms with van der Waals surface area (Å²) in [5.74, 6) is 0.725. The highest BCUT2D eigenvalue weighted by atomic mass is 32.1. The van der Waals surface area contributed by atoms with Gasteiger partial charge < -0.3 is 30.7 Å². The van der Waals surface area contributed by atoms with Crippen LogP contribution in [-0.2, 0) is 11.2 Å². The normalized spacial score (nSPS) is 24.3. The van der Waals surface area contributed by atoms with E-state index in [1.165, 1.54) is 17.0 Å². The summed E-state index contributed by atoms with van der Waals surface area (Å²) in [6.07, 6.45) is 0.969. The number of ether oxygens (including phenoxy) is 2. The number of thiophene rings is 1. The van der Waals surface area contributed by atoms with Gasteiger partial charge in [-0.05, 0) is 37.1 Å². The molecule has 1 aromatic carbocycles. The fourth-order valence-electron chi connectivity index (χ4n) is 5.05.